The fraction of sp³-hybridized carbons (Fsp3) is 0.833. The van der Waals surface area contributed by atoms with Crippen molar-refractivity contribution in [2.75, 3.05) is 42.4 Å². The minimum atomic E-state index is -0.366. The number of halogens is 3. The van der Waals surface area contributed by atoms with Crippen molar-refractivity contribution in [3.05, 3.63) is 70.8 Å². The maximum Gasteiger partial charge on any atom is 0.188 e. The van der Waals surface area contributed by atoms with Crippen LogP contribution in [0.3, 0.4) is 0 Å². The molecule has 0 N–H and O–H groups in total. The second-order valence-corrected chi connectivity index (χ2v) is 35.2. The predicted octanol–water partition coefficient (Wildman–Crippen LogP) is 21.5. The minimum absolute atomic E-state index is 0. The molecule has 21 atom stereocenters. The van der Waals surface area contributed by atoms with E-state index >= 15 is 0 Å². The number of carbonyl (C=O) groups excluding carboxylic acids is 1. The van der Waals surface area contributed by atoms with Gasteiger partial charge in [-0.2, -0.15) is 0 Å². The van der Waals surface area contributed by atoms with Crippen molar-refractivity contribution in [1.29, 1.82) is 0 Å². The number of carbonyl (C=O) groups is 1. The van der Waals surface area contributed by atoms with Crippen LogP contribution >= 0.6 is 47.8 Å². The van der Waals surface area contributed by atoms with Crippen LogP contribution in [0.1, 0.15) is 229 Å². The molecule has 0 amide bonds. The molecule has 0 radical (unpaired) electrons. The van der Waals surface area contributed by atoms with Crippen LogP contribution in [0, 0.1) is 128 Å². The third-order valence-corrected chi connectivity index (χ3v) is 32.8. The molecule has 11 fully saturated rings. The van der Waals surface area contributed by atoms with Gasteiger partial charge in [0.05, 0.1) is 26.4 Å². The van der Waals surface area contributed by atoms with Crippen molar-refractivity contribution in [3.63, 3.8) is 0 Å². The first-order chi connectivity index (χ1) is 40.6. The van der Waals surface area contributed by atoms with Crippen LogP contribution in [-0.2, 0) is 23.7 Å². The van der Waals surface area contributed by atoms with Gasteiger partial charge in [-0.25, -0.2) is 0 Å². The molecule has 5 nitrogen and oxygen atoms in total. The molecule has 1 aromatic rings. The van der Waals surface area contributed by atoms with Gasteiger partial charge >= 0.3 is 0 Å². The standard InChI is InChI=1S/2C24H37BrO2.C22H33BrO.C7H8.CH4/c2*1-16(15-25)19-6-7-20-18-5-4-17-14-24(26-12-13-27-24)11-10-22(17,2)21(18)8-9-23(19,20)3;1-14(13-23)18-6-7-19-17-5-4-15-12-16(24)8-10-21(15,2)20(17)9-11-22(18,19)3;1-7-5-3-2-4-6-7;/h14,16,18-21H,4-13,15H2,1-3H3;4,16,18-21H,5-15H2,1-3H3;12,14,17-20H,4-11,13H2,1-3H3;2-6H,1H3;1H4/t2*16-,18?,19?,20?,21?,22+,23-;14-,17?,18?,19?,20?,21+,22-;;/m111../s1. The molecule has 2 aliphatic heterocycles. The summed E-state index contributed by atoms with van der Waals surface area (Å²) in [6, 6.07) is 10.3. The summed E-state index contributed by atoms with van der Waals surface area (Å²) in [7, 11) is 0. The van der Waals surface area contributed by atoms with E-state index in [0.29, 0.717) is 38.3 Å². The Labute approximate surface area is 550 Å². The van der Waals surface area contributed by atoms with E-state index in [2.05, 4.69) is 141 Å². The van der Waals surface area contributed by atoms with E-state index < -0.39 is 0 Å². The second kappa shape index (κ2) is 25.9. The van der Waals surface area contributed by atoms with Crippen LogP contribution in [0.15, 0.2) is 65.3 Å². The number of benzene rings is 1. The lowest BCUT2D eigenvalue weighted by atomic mass is 9.46. The van der Waals surface area contributed by atoms with Crippen LogP contribution in [0.2, 0.25) is 0 Å². The van der Waals surface area contributed by atoms with Crippen LogP contribution in [-0.4, -0.2) is 59.8 Å². The molecule has 2 saturated heterocycles. The zero-order valence-corrected chi connectivity index (χ0v) is 59.6. The van der Waals surface area contributed by atoms with Gasteiger partial charge in [0.25, 0.3) is 0 Å². The topological polar surface area (TPSA) is 54.0 Å². The van der Waals surface area contributed by atoms with E-state index in [1.165, 1.54) is 138 Å². The van der Waals surface area contributed by atoms with Crippen LogP contribution in [0.4, 0.5) is 0 Å². The zero-order valence-electron chi connectivity index (χ0n) is 54.9. The highest BCUT2D eigenvalue weighted by molar-refractivity contribution is 9.09. The Bertz CT molecular complexity index is 2620. The van der Waals surface area contributed by atoms with Crippen molar-refractivity contribution in [2.24, 2.45) is 121 Å². The average Bonchev–Trinajstić information content (AvgIpc) is 1.32. The Hall–Kier alpha value is -0.610. The molecule has 9 saturated carbocycles. The maximum absolute atomic E-state index is 11.9. The summed E-state index contributed by atoms with van der Waals surface area (Å²) in [5.41, 5.74) is 9.01. The molecular formula is C78H119Br3O5. The third-order valence-electron chi connectivity index (χ3n) is 29.7. The maximum atomic E-state index is 11.9. The monoisotopic (exact) mass is 1370 g/mol. The number of hydrogen-bond donors (Lipinski definition) is 0. The molecule has 0 aromatic heterocycles. The lowest BCUT2D eigenvalue weighted by Gasteiger charge is -2.59. The van der Waals surface area contributed by atoms with E-state index in [1.807, 2.05) is 24.3 Å². The molecule has 12 unspecified atom stereocenters. The first kappa shape index (κ1) is 66.8. The first-order valence-corrected chi connectivity index (χ1v) is 38.9. The van der Waals surface area contributed by atoms with Crippen LogP contribution in [0.5, 0.6) is 0 Å². The summed E-state index contributed by atoms with van der Waals surface area (Å²) in [5.74, 6) is 13.1. The number of allylic oxidation sites excluding steroid dienone is 3. The predicted molar refractivity (Wildman–Crippen MR) is 367 cm³/mol. The normalized spacial score (nSPS) is 45.3. The molecular weight excluding hydrogens is 1260 g/mol. The lowest BCUT2D eigenvalue weighted by Crippen LogP contribution is -2.52. The number of fused-ring (bicyclic) bond motifs is 15. The molecule has 2 heterocycles. The Morgan fingerprint density at radius 3 is 1.41 bits per heavy atom. The van der Waals surface area contributed by atoms with Crippen molar-refractivity contribution in [3.8, 4) is 0 Å². The minimum Gasteiger partial charge on any atom is -0.347 e. The second-order valence-electron chi connectivity index (χ2n) is 33.3. The molecule has 14 aliphatic rings. The quantitative estimate of drug-likeness (QED) is 0.210. The lowest BCUT2D eigenvalue weighted by molar-refractivity contribution is -0.185. The van der Waals surface area contributed by atoms with Gasteiger partial charge in [-0.1, -0.05) is 176 Å². The smallest absolute Gasteiger partial charge is 0.188 e. The Balaban J connectivity index is 0.000000126. The Kier molecular flexibility index (Phi) is 20.2. The molecule has 12 aliphatic carbocycles. The number of rotatable bonds is 6. The fourth-order valence-corrected chi connectivity index (χ4v) is 26.4. The summed E-state index contributed by atoms with van der Waals surface area (Å²) in [5, 5.41) is 3.49. The average molecular weight is 1380 g/mol. The first-order valence-electron chi connectivity index (χ1n) is 35.5. The summed E-state index contributed by atoms with van der Waals surface area (Å²) < 4.78 is 24.3. The highest BCUT2D eigenvalue weighted by Gasteiger charge is 2.64. The summed E-state index contributed by atoms with van der Waals surface area (Å²) in [4.78, 5) is 11.9. The molecule has 8 heteroatoms. The number of hydrogen-bond acceptors (Lipinski definition) is 5. The van der Waals surface area contributed by atoms with Crippen molar-refractivity contribution < 1.29 is 23.7 Å². The highest BCUT2D eigenvalue weighted by Crippen LogP contribution is 2.71. The molecule has 0 bridgehead atoms. The SMILES string of the molecule is C.C[C@H](CBr)C1CCC2C3CC=C4CC5(CC[C@]4(C)C3CC[C@@]21C)OCCO5.C[C@H](CBr)C1CCC2C3CCC4=CC(=O)CC[C@]4(C)C3CC[C@@]21C.C[C@H](CBr)C1CCC2C3CCC4=CC5(CC[C@]4(C)C3CC[C@@]21C)OCCO5.Cc1ccccc1. The number of ketones is 1. The highest BCUT2D eigenvalue weighted by atomic mass is 79.9. The number of alkyl halides is 3. The van der Waals surface area contributed by atoms with Gasteiger partial charge in [0.2, 0.25) is 0 Å². The van der Waals surface area contributed by atoms with Gasteiger partial charge in [0, 0.05) is 41.7 Å². The fourth-order valence-electron chi connectivity index (χ4n) is 25.1. The molecule has 482 valence electrons. The van der Waals surface area contributed by atoms with Crippen LogP contribution in [0.25, 0.3) is 0 Å². The summed E-state index contributed by atoms with van der Waals surface area (Å²) in [6.07, 6.45) is 38.5. The van der Waals surface area contributed by atoms with Gasteiger partial charge in [-0.15, -0.1) is 0 Å². The van der Waals surface area contributed by atoms with E-state index in [4.69, 9.17) is 18.9 Å². The molecule has 1 aromatic carbocycles. The number of aryl methyl sites for hydroxylation is 1. The summed E-state index contributed by atoms with van der Waals surface area (Å²) >= 11 is 11.3. The largest absolute Gasteiger partial charge is 0.347 e. The molecule has 15 rings (SSSR count). The van der Waals surface area contributed by atoms with E-state index in [0.717, 1.165) is 158 Å². The van der Waals surface area contributed by atoms with E-state index in [-0.39, 0.29) is 19.0 Å². The molecule has 86 heavy (non-hydrogen) atoms. The van der Waals surface area contributed by atoms with Crippen molar-refractivity contribution in [1.82, 2.24) is 0 Å². The number of ether oxygens (including phenoxy) is 4. The van der Waals surface area contributed by atoms with Crippen molar-refractivity contribution >= 4 is 53.6 Å². The Morgan fingerprint density at radius 1 is 0.477 bits per heavy atom. The summed E-state index contributed by atoms with van der Waals surface area (Å²) in [6.45, 7) is 28.2. The van der Waals surface area contributed by atoms with Gasteiger partial charge in [-0.05, 0) is 269 Å². The third kappa shape index (κ3) is 11.5. The van der Waals surface area contributed by atoms with Crippen LogP contribution < -0.4 is 0 Å². The van der Waals surface area contributed by atoms with E-state index in [9.17, 15) is 4.79 Å². The molecule has 2 spiro atoms. The van der Waals surface area contributed by atoms with Gasteiger partial charge < -0.3 is 18.9 Å². The zero-order chi connectivity index (χ0) is 60.0. The van der Waals surface area contributed by atoms with Gasteiger partial charge in [-0.3, -0.25) is 4.79 Å². The van der Waals surface area contributed by atoms with E-state index in [1.54, 1.807) is 11.1 Å². The van der Waals surface area contributed by atoms with Gasteiger partial charge in [0.1, 0.15) is 0 Å². The van der Waals surface area contributed by atoms with Crippen molar-refractivity contribution in [2.45, 2.75) is 242 Å². The Morgan fingerprint density at radius 2 is 0.919 bits per heavy atom. The van der Waals surface area contributed by atoms with Gasteiger partial charge in [0.15, 0.2) is 17.4 Å².